The molecular formula is C20H25N5O2S. The van der Waals surface area contributed by atoms with E-state index >= 15 is 0 Å². The molecule has 1 aliphatic heterocycles. The largest absolute Gasteiger partial charge is 0.441 e. The van der Waals surface area contributed by atoms with Crippen LogP contribution in [0.15, 0.2) is 39.9 Å². The van der Waals surface area contributed by atoms with Crippen molar-refractivity contribution in [3.63, 3.8) is 0 Å². The molecule has 2 aromatic heterocycles. The molecule has 0 saturated carbocycles. The number of nitrogens with zero attached hydrogens (tertiary/aromatic N) is 5. The van der Waals surface area contributed by atoms with E-state index in [0.29, 0.717) is 22.8 Å². The van der Waals surface area contributed by atoms with Crippen LogP contribution in [-0.2, 0) is 9.52 Å². The molecule has 2 atom stereocenters. The van der Waals surface area contributed by atoms with Crippen molar-refractivity contribution < 1.29 is 8.63 Å². The Morgan fingerprint density at radius 3 is 2.50 bits per heavy atom. The smallest absolute Gasteiger partial charge is 0.225 e. The number of aromatic nitrogens is 3. The first kappa shape index (κ1) is 18.9. The number of anilines is 1. The standard InChI is InChI=1S/C20H25N5O2S/c1-14(16-5-6-19-18(11-16)23-15(2)27-19)24-7-9-25(10-8-24)20-21-12-17(13-22-20)28(3,4)26/h5-6,11-14H,3,7-10H2,1-2,4H3. The highest BCUT2D eigenvalue weighted by Crippen LogP contribution is 2.26. The highest BCUT2D eigenvalue weighted by molar-refractivity contribution is 7.99. The average molecular weight is 400 g/mol. The number of piperazine rings is 1. The highest BCUT2D eigenvalue weighted by atomic mass is 32.2. The van der Waals surface area contributed by atoms with E-state index in [0.717, 1.165) is 37.3 Å². The van der Waals surface area contributed by atoms with Crippen LogP contribution in [0.4, 0.5) is 5.95 Å². The van der Waals surface area contributed by atoms with Crippen LogP contribution in [0.1, 0.15) is 24.4 Å². The van der Waals surface area contributed by atoms with Crippen LogP contribution in [0, 0.1) is 6.92 Å². The summed E-state index contributed by atoms with van der Waals surface area (Å²) >= 11 is 0. The van der Waals surface area contributed by atoms with Crippen molar-refractivity contribution in [2.75, 3.05) is 37.3 Å². The van der Waals surface area contributed by atoms with Crippen LogP contribution in [0.2, 0.25) is 0 Å². The lowest BCUT2D eigenvalue weighted by Crippen LogP contribution is -2.47. The Morgan fingerprint density at radius 2 is 1.86 bits per heavy atom. The topological polar surface area (TPSA) is 75.4 Å². The van der Waals surface area contributed by atoms with Gasteiger partial charge in [0, 0.05) is 57.8 Å². The monoisotopic (exact) mass is 399 g/mol. The van der Waals surface area contributed by atoms with Gasteiger partial charge in [0.05, 0.1) is 4.90 Å². The van der Waals surface area contributed by atoms with E-state index in [2.05, 4.69) is 49.7 Å². The van der Waals surface area contributed by atoms with Crippen molar-refractivity contribution in [2.45, 2.75) is 24.8 Å². The van der Waals surface area contributed by atoms with Crippen molar-refractivity contribution in [1.29, 1.82) is 0 Å². The Balaban J connectivity index is 1.42. The number of aryl methyl sites for hydroxylation is 1. The molecule has 1 aliphatic rings. The highest BCUT2D eigenvalue weighted by Gasteiger charge is 2.24. The first-order valence-electron chi connectivity index (χ1n) is 9.31. The number of oxazole rings is 1. The molecule has 0 aliphatic carbocycles. The maximum Gasteiger partial charge on any atom is 0.225 e. The Bertz CT molecular complexity index is 1080. The van der Waals surface area contributed by atoms with E-state index in [1.807, 2.05) is 13.0 Å². The van der Waals surface area contributed by atoms with E-state index < -0.39 is 9.52 Å². The summed E-state index contributed by atoms with van der Waals surface area (Å²) in [6.07, 6.45) is 4.85. The molecule has 0 N–H and O–H groups in total. The maximum absolute atomic E-state index is 12.0. The van der Waals surface area contributed by atoms with Gasteiger partial charge in [-0.25, -0.2) is 15.0 Å². The summed E-state index contributed by atoms with van der Waals surface area (Å²) < 4.78 is 17.6. The van der Waals surface area contributed by atoms with Gasteiger partial charge < -0.3 is 9.32 Å². The molecule has 2 unspecified atom stereocenters. The summed E-state index contributed by atoms with van der Waals surface area (Å²) in [5, 5.41) is 0. The molecule has 8 heteroatoms. The van der Waals surface area contributed by atoms with Gasteiger partial charge in [-0.2, -0.15) is 0 Å². The molecule has 148 valence electrons. The Morgan fingerprint density at radius 1 is 1.18 bits per heavy atom. The predicted octanol–water partition coefficient (Wildman–Crippen LogP) is 2.51. The van der Waals surface area contributed by atoms with Crippen LogP contribution < -0.4 is 4.90 Å². The number of hydrogen-bond acceptors (Lipinski definition) is 7. The summed E-state index contributed by atoms with van der Waals surface area (Å²) in [6.45, 7) is 7.62. The van der Waals surface area contributed by atoms with Crippen molar-refractivity contribution in [1.82, 2.24) is 19.9 Å². The zero-order chi connectivity index (χ0) is 19.9. The fourth-order valence-corrected chi connectivity index (χ4v) is 4.09. The molecule has 0 radical (unpaired) electrons. The van der Waals surface area contributed by atoms with E-state index in [-0.39, 0.29) is 0 Å². The summed E-state index contributed by atoms with van der Waals surface area (Å²) in [5.41, 5.74) is 2.98. The fraction of sp³-hybridized carbons (Fsp3) is 0.400. The molecule has 4 rings (SSSR count). The number of rotatable bonds is 4. The molecule has 1 aromatic carbocycles. The molecule has 3 aromatic rings. The van der Waals surface area contributed by atoms with Gasteiger partial charge >= 0.3 is 0 Å². The lowest BCUT2D eigenvalue weighted by atomic mass is 10.1. The van der Waals surface area contributed by atoms with Gasteiger partial charge in [-0.1, -0.05) is 6.07 Å². The first-order chi connectivity index (χ1) is 13.3. The zero-order valence-corrected chi connectivity index (χ0v) is 17.3. The lowest BCUT2D eigenvalue weighted by Gasteiger charge is -2.38. The summed E-state index contributed by atoms with van der Waals surface area (Å²) in [7, 11) is -2.28. The first-order valence-corrected chi connectivity index (χ1v) is 11.5. The SMILES string of the molecule is C=S(C)(=O)c1cnc(N2CCN(C(C)c3ccc4oc(C)nc4c3)CC2)nc1. The second-order valence-corrected chi connectivity index (χ2v) is 9.86. The van der Waals surface area contributed by atoms with Crippen molar-refractivity contribution in [3.05, 3.63) is 42.0 Å². The van der Waals surface area contributed by atoms with Gasteiger partial charge in [0.1, 0.15) is 5.52 Å². The quantitative estimate of drug-likeness (QED) is 0.624. The van der Waals surface area contributed by atoms with E-state index in [9.17, 15) is 4.21 Å². The molecular weight excluding hydrogens is 374 g/mol. The van der Waals surface area contributed by atoms with Gasteiger partial charge in [0.15, 0.2) is 11.5 Å². The zero-order valence-electron chi connectivity index (χ0n) is 16.5. The Labute approximate surface area is 165 Å². The average Bonchev–Trinajstić information content (AvgIpc) is 3.06. The number of benzene rings is 1. The summed E-state index contributed by atoms with van der Waals surface area (Å²) in [5.74, 6) is 5.05. The fourth-order valence-electron chi connectivity index (χ4n) is 3.54. The summed E-state index contributed by atoms with van der Waals surface area (Å²) in [6, 6.07) is 6.53. The molecule has 1 fully saturated rings. The molecule has 0 spiro atoms. The minimum atomic E-state index is -2.28. The van der Waals surface area contributed by atoms with E-state index in [4.69, 9.17) is 4.42 Å². The van der Waals surface area contributed by atoms with Gasteiger partial charge in [-0.05, 0) is 40.0 Å². The lowest BCUT2D eigenvalue weighted by molar-refractivity contribution is 0.198. The second-order valence-electron chi connectivity index (χ2n) is 7.38. The molecule has 1 saturated heterocycles. The molecule has 28 heavy (non-hydrogen) atoms. The van der Waals surface area contributed by atoms with Gasteiger partial charge in [-0.3, -0.25) is 9.11 Å². The van der Waals surface area contributed by atoms with Crippen LogP contribution in [0.25, 0.3) is 11.1 Å². The molecule has 7 nitrogen and oxygen atoms in total. The number of fused-ring (bicyclic) bond motifs is 1. The van der Waals surface area contributed by atoms with Crippen LogP contribution >= 0.6 is 0 Å². The van der Waals surface area contributed by atoms with Crippen molar-refractivity contribution in [3.8, 4) is 0 Å². The third-order valence-corrected chi connectivity index (χ3v) is 6.47. The second kappa shape index (κ2) is 7.18. The molecule has 0 bridgehead atoms. The van der Waals surface area contributed by atoms with Gasteiger partial charge in [0.2, 0.25) is 5.95 Å². The van der Waals surface area contributed by atoms with E-state index in [1.54, 1.807) is 18.6 Å². The van der Waals surface area contributed by atoms with Gasteiger partial charge in [-0.15, -0.1) is 0 Å². The predicted molar refractivity (Wildman–Crippen MR) is 112 cm³/mol. The Hall–Kier alpha value is -2.45. The van der Waals surface area contributed by atoms with Crippen LogP contribution in [0.3, 0.4) is 0 Å². The van der Waals surface area contributed by atoms with Crippen LogP contribution in [0.5, 0.6) is 0 Å². The normalized spacial score (nSPS) is 18.9. The van der Waals surface area contributed by atoms with Crippen LogP contribution in [-0.4, -0.2) is 62.4 Å². The summed E-state index contributed by atoms with van der Waals surface area (Å²) in [4.78, 5) is 18.4. The van der Waals surface area contributed by atoms with E-state index in [1.165, 1.54) is 5.56 Å². The molecule has 3 heterocycles. The Kier molecular flexibility index (Phi) is 4.84. The number of hydrogen-bond donors (Lipinski definition) is 0. The third-order valence-electron chi connectivity index (χ3n) is 5.26. The molecule has 0 amide bonds. The minimum absolute atomic E-state index is 0.294. The van der Waals surface area contributed by atoms with Crippen molar-refractivity contribution in [2.24, 2.45) is 0 Å². The van der Waals surface area contributed by atoms with Gasteiger partial charge in [0.25, 0.3) is 0 Å². The van der Waals surface area contributed by atoms with Crippen molar-refractivity contribution >= 4 is 32.4 Å². The maximum atomic E-state index is 12.0. The third kappa shape index (κ3) is 3.74. The minimum Gasteiger partial charge on any atom is -0.441 e.